The summed E-state index contributed by atoms with van der Waals surface area (Å²) in [6.45, 7) is 4.56. The Labute approximate surface area is 164 Å². The summed E-state index contributed by atoms with van der Waals surface area (Å²) < 4.78 is 0. The van der Waals surface area contributed by atoms with Crippen molar-refractivity contribution < 1.29 is 15.0 Å². The number of fused-ring (bicyclic) bond motifs is 9. The van der Waals surface area contributed by atoms with E-state index in [1.807, 2.05) is 0 Å². The van der Waals surface area contributed by atoms with Crippen LogP contribution in [0.4, 0.5) is 0 Å². The fraction of sp³-hybridized carbons (Fsp3) is 0.542. The van der Waals surface area contributed by atoms with E-state index in [-0.39, 0.29) is 22.5 Å². The number of hydrogen-bond donors (Lipinski definition) is 3. The number of ketones is 1. The van der Waals surface area contributed by atoms with E-state index in [2.05, 4.69) is 43.1 Å². The molecule has 1 heterocycles. The lowest BCUT2D eigenvalue weighted by Gasteiger charge is -2.64. The van der Waals surface area contributed by atoms with Gasteiger partial charge in [-0.1, -0.05) is 32.0 Å². The number of carbonyl (C=O) groups excluding carboxylic acids is 1. The van der Waals surface area contributed by atoms with Gasteiger partial charge in [-0.05, 0) is 61.3 Å². The summed E-state index contributed by atoms with van der Waals surface area (Å²) in [4.78, 5) is 16.0. The zero-order valence-corrected chi connectivity index (χ0v) is 16.5. The van der Waals surface area contributed by atoms with Gasteiger partial charge in [-0.3, -0.25) is 4.79 Å². The van der Waals surface area contributed by atoms with E-state index >= 15 is 0 Å². The highest BCUT2D eigenvalue weighted by Crippen LogP contribution is 2.70. The summed E-state index contributed by atoms with van der Waals surface area (Å²) in [5.74, 6) is 0.0415. The highest BCUT2D eigenvalue weighted by molar-refractivity contribution is 5.98. The van der Waals surface area contributed by atoms with Crippen molar-refractivity contribution in [3.63, 3.8) is 0 Å². The molecule has 1 aromatic carbocycles. The first-order valence-electron chi connectivity index (χ1n) is 10.6. The molecule has 6 rings (SSSR count). The molecule has 0 saturated heterocycles. The second-order valence-electron chi connectivity index (χ2n) is 9.95. The van der Waals surface area contributed by atoms with E-state index in [1.54, 1.807) is 6.08 Å². The predicted octanol–water partition coefficient (Wildman–Crippen LogP) is 3.41. The van der Waals surface area contributed by atoms with Crippen LogP contribution in [0.15, 0.2) is 35.9 Å². The van der Waals surface area contributed by atoms with Crippen molar-refractivity contribution in [1.82, 2.24) is 4.98 Å². The molecule has 3 N–H and O–H groups in total. The minimum absolute atomic E-state index is 0.184. The van der Waals surface area contributed by atoms with Crippen LogP contribution in [-0.2, 0) is 16.6 Å². The molecule has 0 unspecified atom stereocenters. The first-order valence-corrected chi connectivity index (χ1v) is 10.6. The monoisotopic (exact) mass is 377 g/mol. The quantitative estimate of drug-likeness (QED) is 0.659. The van der Waals surface area contributed by atoms with Crippen molar-refractivity contribution >= 4 is 16.7 Å². The minimum Gasteiger partial charge on any atom is -0.385 e. The van der Waals surface area contributed by atoms with E-state index in [0.717, 1.165) is 31.3 Å². The van der Waals surface area contributed by atoms with E-state index < -0.39 is 11.7 Å². The van der Waals surface area contributed by atoms with E-state index in [4.69, 9.17) is 0 Å². The third-order valence-electron chi connectivity index (χ3n) is 9.32. The molecule has 6 atom stereocenters. The van der Waals surface area contributed by atoms with Crippen molar-refractivity contribution in [1.29, 1.82) is 0 Å². The van der Waals surface area contributed by atoms with Crippen molar-refractivity contribution in [2.45, 2.75) is 63.1 Å². The van der Waals surface area contributed by atoms with E-state index in [1.165, 1.54) is 22.2 Å². The molecule has 28 heavy (non-hydrogen) atoms. The maximum atomic E-state index is 12.2. The van der Waals surface area contributed by atoms with Gasteiger partial charge in [0.25, 0.3) is 0 Å². The normalized spacial score (nSPS) is 44.1. The summed E-state index contributed by atoms with van der Waals surface area (Å²) in [5.41, 5.74) is 3.06. The molecule has 0 radical (unpaired) electrons. The van der Waals surface area contributed by atoms with Gasteiger partial charge in [0.15, 0.2) is 5.78 Å². The standard InChI is InChI=1S/C24H27NO3/c1-22-9-8-15-17(12-19(26)20(15)27)24(22,28)10-7-13-11-16-14-5-3-4-6-18(14)25-21(16)23(13,22)2/h3-6,12-13,15,20,25,27-28H,7-11H2,1-2H3/t13-,15-,20+,22+,23+,24+/m0/s1. The molecular weight excluding hydrogens is 350 g/mol. The molecule has 0 spiro atoms. The number of aliphatic hydroxyl groups is 2. The molecule has 0 bridgehead atoms. The molecule has 2 fully saturated rings. The predicted molar refractivity (Wildman–Crippen MR) is 107 cm³/mol. The lowest BCUT2D eigenvalue weighted by atomic mass is 9.42. The number of para-hydroxylation sites is 1. The number of nitrogens with one attached hydrogen (secondary N) is 1. The molecule has 4 heteroatoms. The fourth-order valence-corrected chi connectivity index (χ4v) is 7.54. The number of benzene rings is 1. The Hall–Kier alpha value is -1.91. The van der Waals surface area contributed by atoms with Crippen LogP contribution in [0.5, 0.6) is 0 Å². The summed E-state index contributed by atoms with van der Waals surface area (Å²) >= 11 is 0. The van der Waals surface area contributed by atoms with Crippen LogP contribution < -0.4 is 0 Å². The lowest BCUT2D eigenvalue weighted by molar-refractivity contribution is -0.165. The second kappa shape index (κ2) is 4.98. The Morgan fingerprint density at radius 1 is 1.14 bits per heavy atom. The van der Waals surface area contributed by atoms with Gasteiger partial charge >= 0.3 is 0 Å². The van der Waals surface area contributed by atoms with Crippen LogP contribution in [0.1, 0.15) is 50.8 Å². The maximum Gasteiger partial charge on any atom is 0.184 e. The fourth-order valence-electron chi connectivity index (χ4n) is 7.54. The zero-order valence-electron chi connectivity index (χ0n) is 16.5. The van der Waals surface area contributed by atoms with Gasteiger partial charge in [0.1, 0.15) is 6.10 Å². The molecule has 4 aliphatic rings. The van der Waals surface area contributed by atoms with Crippen LogP contribution in [0.2, 0.25) is 0 Å². The van der Waals surface area contributed by atoms with Crippen LogP contribution in [0.25, 0.3) is 10.9 Å². The molecule has 0 amide bonds. The van der Waals surface area contributed by atoms with E-state index in [9.17, 15) is 15.0 Å². The Balaban J connectivity index is 1.57. The average molecular weight is 377 g/mol. The molecule has 4 aliphatic carbocycles. The molecule has 0 aliphatic heterocycles. The van der Waals surface area contributed by atoms with Crippen molar-refractivity contribution in [2.75, 3.05) is 0 Å². The molecular formula is C24H27NO3. The van der Waals surface area contributed by atoms with E-state index in [0.29, 0.717) is 12.3 Å². The smallest absolute Gasteiger partial charge is 0.184 e. The molecule has 4 nitrogen and oxygen atoms in total. The topological polar surface area (TPSA) is 73.3 Å². The molecule has 2 aromatic rings. The third-order valence-corrected chi connectivity index (χ3v) is 9.32. The van der Waals surface area contributed by atoms with Crippen molar-refractivity contribution in [3.05, 3.63) is 47.2 Å². The van der Waals surface area contributed by atoms with Crippen LogP contribution >= 0.6 is 0 Å². The first-order chi connectivity index (χ1) is 13.3. The SMILES string of the molecule is C[C@]12CC[C@H]3C(=CC(=O)[C@@H]3O)[C@]1(O)CC[C@H]1Cc3c([nH]c4ccccc34)[C@@]12C. The Bertz CT molecular complexity index is 1070. The van der Waals surface area contributed by atoms with Crippen LogP contribution in [0.3, 0.4) is 0 Å². The number of rotatable bonds is 0. The number of aromatic amines is 1. The lowest BCUT2D eigenvalue weighted by Crippen LogP contribution is -2.66. The third kappa shape index (κ3) is 1.62. The highest BCUT2D eigenvalue weighted by Gasteiger charge is 2.70. The van der Waals surface area contributed by atoms with Gasteiger partial charge in [0, 0.05) is 33.3 Å². The number of hydrogen-bond acceptors (Lipinski definition) is 3. The Kier molecular flexibility index (Phi) is 3.02. The Morgan fingerprint density at radius 2 is 1.93 bits per heavy atom. The number of aliphatic hydroxyl groups excluding tert-OH is 1. The zero-order chi connectivity index (χ0) is 19.5. The molecule has 1 aromatic heterocycles. The largest absolute Gasteiger partial charge is 0.385 e. The van der Waals surface area contributed by atoms with Gasteiger partial charge in [-0.25, -0.2) is 0 Å². The van der Waals surface area contributed by atoms with Gasteiger partial charge in [0.05, 0.1) is 5.60 Å². The first kappa shape index (κ1) is 17.0. The highest BCUT2D eigenvalue weighted by atomic mass is 16.3. The van der Waals surface area contributed by atoms with Gasteiger partial charge < -0.3 is 15.2 Å². The van der Waals surface area contributed by atoms with Crippen LogP contribution in [-0.4, -0.2) is 32.7 Å². The van der Waals surface area contributed by atoms with Gasteiger partial charge in [-0.2, -0.15) is 0 Å². The van der Waals surface area contributed by atoms with Gasteiger partial charge in [-0.15, -0.1) is 0 Å². The molecule has 146 valence electrons. The minimum atomic E-state index is -1.03. The summed E-state index contributed by atoms with van der Waals surface area (Å²) in [6.07, 6.45) is 4.83. The second-order valence-corrected chi connectivity index (χ2v) is 9.95. The number of H-pyrrole nitrogens is 1. The van der Waals surface area contributed by atoms with Crippen molar-refractivity contribution in [3.8, 4) is 0 Å². The average Bonchev–Trinajstić information content (AvgIpc) is 3.28. The number of carbonyl (C=O) groups is 1. The summed E-state index contributed by atoms with van der Waals surface area (Å²) in [6, 6.07) is 8.49. The van der Waals surface area contributed by atoms with Crippen LogP contribution in [0, 0.1) is 17.3 Å². The number of aromatic nitrogens is 1. The van der Waals surface area contributed by atoms with Crippen molar-refractivity contribution in [2.24, 2.45) is 17.3 Å². The molecule has 2 saturated carbocycles. The summed E-state index contributed by atoms with van der Waals surface area (Å²) in [5, 5.41) is 23.8. The Morgan fingerprint density at radius 3 is 2.75 bits per heavy atom. The van der Waals surface area contributed by atoms with Gasteiger partial charge in [0.2, 0.25) is 0 Å². The summed E-state index contributed by atoms with van der Waals surface area (Å²) in [7, 11) is 0. The maximum absolute atomic E-state index is 12.2.